The molecule has 0 aliphatic heterocycles. The maximum atomic E-state index is 6.08. The molecule has 0 aliphatic carbocycles. The van der Waals surface area contributed by atoms with E-state index < -0.39 is 0 Å². The van der Waals surface area contributed by atoms with Crippen LogP contribution in [0.15, 0.2) is 54.6 Å². The van der Waals surface area contributed by atoms with Crippen LogP contribution < -0.4 is 10.5 Å². The molecule has 0 spiro atoms. The summed E-state index contributed by atoms with van der Waals surface area (Å²) in [5.74, 6) is 0.679. The molecule has 0 saturated heterocycles. The van der Waals surface area contributed by atoms with Crippen LogP contribution in [0, 0.1) is 0 Å². The SMILES string of the molecule is COc1c(N)ccc2c1c(-c1ccc3ccccc3c1)nn2C. The molecule has 0 atom stereocenters. The van der Waals surface area contributed by atoms with Crippen LogP contribution >= 0.6 is 0 Å². The number of rotatable bonds is 2. The fraction of sp³-hybridized carbons (Fsp3) is 0.105. The number of nitrogens with zero attached hydrogens (tertiary/aromatic N) is 2. The lowest BCUT2D eigenvalue weighted by Gasteiger charge is -2.08. The maximum Gasteiger partial charge on any atom is 0.153 e. The lowest BCUT2D eigenvalue weighted by molar-refractivity contribution is 0.422. The third kappa shape index (κ3) is 2.03. The summed E-state index contributed by atoms with van der Waals surface area (Å²) in [6.07, 6.45) is 0. The number of methoxy groups -OCH3 is 1. The Labute approximate surface area is 134 Å². The van der Waals surface area contributed by atoms with Crippen LogP contribution in [0.1, 0.15) is 0 Å². The zero-order chi connectivity index (χ0) is 16.0. The van der Waals surface area contributed by atoms with Crippen molar-refractivity contribution in [3.05, 3.63) is 54.6 Å². The van der Waals surface area contributed by atoms with Gasteiger partial charge in [0.2, 0.25) is 0 Å². The van der Waals surface area contributed by atoms with E-state index in [1.54, 1.807) is 7.11 Å². The molecule has 4 aromatic rings. The average Bonchev–Trinajstić information content (AvgIpc) is 2.91. The molecule has 0 bridgehead atoms. The summed E-state index contributed by atoms with van der Waals surface area (Å²) in [7, 11) is 3.57. The molecule has 0 radical (unpaired) electrons. The zero-order valence-electron chi connectivity index (χ0n) is 13.1. The van der Waals surface area contributed by atoms with E-state index in [9.17, 15) is 0 Å². The van der Waals surface area contributed by atoms with Crippen LogP contribution in [-0.2, 0) is 7.05 Å². The highest BCUT2D eigenvalue weighted by Crippen LogP contribution is 2.38. The van der Waals surface area contributed by atoms with Crippen molar-refractivity contribution in [2.24, 2.45) is 7.05 Å². The molecule has 114 valence electrons. The first kappa shape index (κ1) is 13.6. The topological polar surface area (TPSA) is 53.1 Å². The van der Waals surface area contributed by atoms with Crippen molar-refractivity contribution in [1.29, 1.82) is 0 Å². The standard InChI is InChI=1S/C19H17N3O/c1-22-16-10-9-15(20)19(23-2)17(16)18(21-22)14-8-7-12-5-3-4-6-13(12)11-14/h3-11H,20H2,1-2H3. The highest BCUT2D eigenvalue weighted by Gasteiger charge is 2.17. The van der Waals surface area contributed by atoms with Crippen LogP contribution in [0.25, 0.3) is 32.9 Å². The summed E-state index contributed by atoms with van der Waals surface area (Å²) in [6.45, 7) is 0. The van der Waals surface area contributed by atoms with Crippen molar-refractivity contribution in [3.63, 3.8) is 0 Å². The second-order valence-corrected chi connectivity index (χ2v) is 5.62. The Morgan fingerprint density at radius 3 is 2.57 bits per heavy atom. The minimum absolute atomic E-state index is 0.620. The van der Waals surface area contributed by atoms with Gasteiger partial charge in [-0.15, -0.1) is 0 Å². The fourth-order valence-electron chi connectivity index (χ4n) is 3.10. The number of nitrogens with two attached hydrogens (primary N) is 1. The van der Waals surface area contributed by atoms with Crippen LogP contribution in [0.4, 0.5) is 5.69 Å². The number of anilines is 1. The Hall–Kier alpha value is -3.01. The molecule has 4 rings (SSSR count). The molecule has 4 heteroatoms. The van der Waals surface area contributed by atoms with E-state index in [1.165, 1.54) is 10.8 Å². The maximum absolute atomic E-state index is 6.08. The van der Waals surface area contributed by atoms with Gasteiger partial charge < -0.3 is 10.5 Å². The highest BCUT2D eigenvalue weighted by atomic mass is 16.5. The Bertz CT molecular complexity index is 1030. The van der Waals surface area contributed by atoms with E-state index in [1.807, 2.05) is 36.0 Å². The van der Waals surface area contributed by atoms with E-state index >= 15 is 0 Å². The summed E-state index contributed by atoms with van der Waals surface area (Å²) in [5.41, 5.74) is 9.64. The molecule has 1 heterocycles. The van der Waals surface area contributed by atoms with E-state index in [0.717, 1.165) is 22.2 Å². The Morgan fingerprint density at radius 2 is 1.78 bits per heavy atom. The minimum Gasteiger partial charge on any atom is -0.494 e. The number of hydrogen-bond donors (Lipinski definition) is 1. The molecule has 4 nitrogen and oxygen atoms in total. The largest absolute Gasteiger partial charge is 0.494 e. The van der Waals surface area contributed by atoms with Gasteiger partial charge in [0, 0.05) is 12.6 Å². The molecule has 0 amide bonds. The third-order valence-corrected chi connectivity index (χ3v) is 4.23. The van der Waals surface area contributed by atoms with Crippen molar-refractivity contribution in [3.8, 4) is 17.0 Å². The molecule has 3 aromatic carbocycles. The van der Waals surface area contributed by atoms with Gasteiger partial charge in [-0.3, -0.25) is 4.68 Å². The van der Waals surface area contributed by atoms with Crippen molar-refractivity contribution in [2.45, 2.75) is 0 Å². The van der Waals surface area contributed by atoms with E-state index in [-0.39, 0.29) is 0 Å². The molecular formula is C19H17N3O. The summed E-state index contributed by atoms with van der Waals surface area (Å²) in [4.78, 5) is 0. The van der Waals surface area contributed by atoms with Crippen molar-refractivity contribution in [1.82, 2.24) is 9.78 Å². The molecule has 1 aromatic heterocycles. The van der Waals surface area contributed by atoms with Gasteiger partial charge in [0.1, 0.15) is 5.69 Å². The monoisotopic (exact) mass is 303 g/mol. The third-order valence-electron chi connectivity index (χ3n) is 4.23. The number of hydrogen-bond acceptors (Lipinski definition) is 3. The Kier molecular flexibility index (Phi) is 2.98. The summed E-state index contributed by atoms with van der Waals surface area (Å²) < 4.78 is 7.41. The molecule has 0 fully saturated rings. The van der Waals surface area contributed by atoms with Crippen LogP contribution in [-0.4, -0.2) is 16.9 Å². The minimum atomic E-state index is 0.620. The summed E-state index contributed by atoms with van der Waals surface area (Å²) in [6, 6.07) is 18.5. The molecule has 23 heavy (non-hydrogen) atoms. The predicted octanol–water partition coefficient (Wildman–Crippen LogP) is 3.98. The second kappa shape index (κ2) is 5.02. The van der Waals surface area contributed by atoms with Gasteiger partial charge in [0.25, 0.3) is 0 Å². The number of benzene rings is 3. The number of fused-ring (bicyclic) bond motifs is 2. The quantitative estimate of drug-likeness (QED) is 0.570. The second-order valence-electron chi connectivity index (χ2n) is 5.62. The molecule has 2 N–H and O–H groups in total. The normalized spacial score (nSPS) is 11.2. The van der Waals surface area contributed by atoms with Gasteiger partial charge in [0.05, 0.1) is 23.7 Å². The van der Waals surface area contributed by atoms with E-state index in [2.05, 4.69) is 30.3 Å². The van der Waals surface area contributed by atoms with Crippen LogP contribution in [0.2, 0.25) is 0 Å². The predicted molar refractivity (Wildman–Crippen MR) is 94.6 cm³/mol. The van der Waals surface area contributed by atoms with Gasteiger partial charge in [-0.2, -0.15) is 5.10 Å². The number of aryl methyl sites for hydroxylation is 1. The van der Waals surface area contributed by atoms with Crippen molar-refractivity contribution in [2.75, 3.05) is 12.8 Å². The van der Waals surface area contributed by atoms with E-state index in [0.29, 0.717) is 11.4 Å². The zero-order valence-corrected chi connectivity index (χ0v) is 13.1. The van der Waals surface area contributed by atoms with Gasteiger partial charge >= 0.3 is 0 Å². The van der Waals surface area contributed by atoms with Crippen LogP contribution in [0.3, 0.4) is 0 Å². The lowest BCUT2D eigenvalue weighted by atomic mass is 10.0. The van der Waals surface area contributed by atoms with E-state index in [4.69, 9.17) is 15.6 Å². The highest BCUT2D eigenvalue weighted by molar-refractivity contribution is 6.02. The van der Waals surface area contributed by atoms with Crippen LogP contribution in [0.5, 0.6) is 5.75 Å². The first-order valence-electron chi connectivity index (χ1n) is 7.47. The molecule has 0 saturated carbocycles. The first-order chi connectivity index (χ1) is 11.2. The number of nitrogen functional groups attached to an aromatic ring is 1. The number of ether oxygens (including phenoxy) is 1. The first-order valence-corrected chi connectivity index (χ1v) is 7.47. The molecule has 0 unspecified atom stereocenters. The Morgan fingerprint density at radius 1 is 1.00 bits per heavy atom. The Balaban J connectivity index is 2.05. The van der Waals surface area contributed by atoms with Gasteiger partial charge in [0.15, 0.2) is 5.75 Å². The molecular weight excluding hydrogens is 286 g/mol. The average molecular weight is 303 g/mol. The molecule has 0 aliphatic rings. The van der Waals surface area contributed by atoms with Gasteiger partial charge in [-0.25, -0.2) is 0 Å². The smallest absolute Gasteiger partial charge is 0.153 e. The fourth-order valence-corrected chi connectivity index (χ4v) is 3.10. The van der Waals surface area contributed by atoms with Crippen molar-refractivity contribution < 1.29 is 4.74 Å². The van der Waals surface area contributed by atoms with Gasteiger partial charge in [-0.05, 0) is 29.0 Å². The lowest BCUT2D eigenvalue weighted by Crippen LogP contribution is -1.94. The summed E-state index contributed by atoms with van der Waals surface area (Å²) in [5, 5.41) is 8.04. The summed E-state index contributed by atoms with van der Waals surface area (Å²) >= 11 is 0. The van der Waals surface area contributed by atoms with Gasteiger partial charge in [-0.1, -0.05) is 36.4 Å². The number of aromatic nitrogens is 2. The van der Waals surface area contributed by atoms with Crippen molar-refractivity contribution >= 4 is 27.4 Å².